The van der Waals surface area contributed by atoms with Crippen molar-refractivity contribution in [3.63, 3.8) is 0 Å². The van der Waals surface area contributed by atoms with E-state index in [1.165, 1.54) is 44.9 Å². The van der Waals surface area contributed by atoms with Crippen molar-refractivity contribution < 1.29 is 19.5 Å². The van der Waals surface area contributed by atoms with Crippen LogP contribution in [0.4, 0.5) is 0 Å². The molecule has 1 aromatic heterocycles. The van der Waals surface area contributed by atoms with E-state index >= 15 is 0 Å². The summed E-state index contributed by atoms with van der Waals surface area (Å²) in [6, 6.07) is 8.48. The van der Waals surface area contributed by atoms with Gasteiger partial charge in [-0.05, 0) is 63.0 Å². The third kappa shape index (κ3) is 4.64. The first-order valence-corrected chi connectivity index (χ1v) is 14.3. The number of hydrogen-bond acceptors (Lipinski definition) is 8. The van der Waals surface area contributed by atoms with E-state index in [4.69, 9.17) is 9.47 Å². The summed E-state index contributed by atoms with van der Waals surface area (Å²) in [5.74, 6) is 0.822. The quantitative estimate of drug-likeness (QED) is 0.275. The van der Waals surface area contributed by atoms with Crippen LogP contribution in [-0.4, -0.2) is 69.3 Å². The smallest absolute Gasteiger partial charge is 0.362 e. The number of carbonyl (C=O) groups excluding carboxylic acids is 1. The van der Waals surface area contributed by atoms with Crippen LogP contribution >= 0.6 is 0 Å². The number of para-hydroxylation sites is 2. The van der Waals surface area contributed by atoms with Crippen molar-refractivity contribution in [1.82, 2.24) is 14.5 Å². The molecule has 4 aliphatic rings. The molecule has 0 radical (unpaired) electrons. The van der Waals surface area contributed by atoms with Crippen LogP contribution in [0.5, 0.6) is 0 Å². The highest BCUT2D eigenvalue weighted by Gasteiger charge is 2.46. The highest BCUT2D eigenvalue weighted by molar-refractivity contribution is 6.42. The molecule has 1 N–H and O–H groups in total. The van der Waals surface area contributed by atoms with Crippen molar-refractivity contribution in [2.45, 2.75) is 88.9 Å². The van der Waals surface area contributed by atoms with Crippen molar-refractivity contribution in [2.24, 2.45) is 17.0 Å². The van der Waals surface area contributed by atoms with Crippen molar-refractivity contribution in [3.05, 3.63) is 40.3 Å². The van der Waals surface area contributed by atoms with E-state index in [-0.39, 0.29) is 30.4 Å². The molecule has 4 fully saturated rings. The largest absolute Gasteiger partial charge is 0.461 e. The van der Waals surface area contributed by atoms with Gasteiger partial charge in [0.05, 0.1) is 30.9 Å². The summed E-state index contributed by atoms with van der Waals surface area (Å²) in [4.78, 5) is 33.6. The summed E-state index contributed by atoms with van der Waals surface area (Å²) in [6.45, 7) is 3.12. The van der Waals surface area contributed by atoms with E-state index in [9.17, 15) is 14.8 Å². The predicted molar refractivity (Wildman–Crippen MR) is 143 cm³/mol. The molecule has 2 saturated heterocycles. The molecule has 1 aromatic carbocycles. The maximum atomic E-state index is 13.9. The number of benzene rings is 1. The van der Waals surface area contributed by atoms with Crippen LogP contribution in [0.15, 0.2) is 34.2 Å². The Labute approximate surface area is 222 Å². The van der Waals surface area contributed by atoms with Crippen molar-refractivity contribution in [2.75, 3.05) is 19.8 Å². The molecular formula is C29H38N4O5. The topological polar surface area (TPSA) is 106 Å². The average molecular weight is 523 g/mol. The highest BCUT2D eigenvalue weighted by atomic mass is 16.5. The lowest BCUT2D eigenvalue weighted by Gasteiger charge is -2.54. The molecule has 204 valence electrons. The Morgan fingerprint density at radius 3 is 2.37 bits per heavy atom. The number of rotatable bonds is 5. The Bertz CT molecular complexity index is 1250. The van der Waals surface area contributed by atoms with Gasteiger partial charge in [0.2, 0.25) is 5.71 Å². The molecular weight excluding hydrogens is 484 g/mol. The van der Waals surface area contributed by atoms with E-state index in [2.05, 4.69) is 15.0 Å². The van der Waals surface area contributed by atoms with E-state index in [1.54, 1.807) is 11.5 Å². The van der Waals surface area contributed by atoms with E-state index in [0.717, 1.165) is 30.2 Å². The molecule has 9 nitrogen and oxygen atoms in total. The summed E-state index contributed by atoms with van der Waals surface area (Å²) in [7, 11) is 0. The number of ether oxygens (including phenoxy) is 2. The van der Waals surface area contributed by atoms with Crippen LogP contribution in [0.3, 0.4) is 0 Å². The second-order valence-electron chi connectivity index (χ2n) is 11.6. The van der Waals surface area contributed by atoms with Gasteiger partial charge in [-0.2, -0.15) is 0 Å². The van der Waals surface area contributed by atoms with Gasteiger partial charge in [-0.1, -0.05) is 43.0 Å². The van der Waals surface area contributed by atoms with Gasteiger partial charge >= 0.3 is 5.97 Å². The first-order valence-electron chi connectivity index (χ1n) is 14.3. The highest BCUT2D eigenvalue weighted by Crippen LogP contribution is 2.44. The molecule has 6 rings (SSSR count). The Balaban J connectivity index is 1.35. The molecule has 2 saturated carbocycles. The van der Waals surface area contributed by atoms with Gasteiger partial charge in [0.1, 0.15) is 0 Å². The van der Waals surface area contributed by atoms with Crippen LogP contribution in [0.25, 0.3) is 11.0 Å². The number of aromatic nitrogens is 2. The summed E-state index contributed by atoms with van der Waals surface area (Å²) < 4.78 is 12.9. The third-order valence-corrected chi connectivity index (χ3v) is 9.28. The van der Waals surface area contributed by atoms with Gasteiger partial charge in [-0.15, -0.1) is 0 Å². The van der Waals surface area contributed by atoms with Crippen molar-refractivity contribution in [3.8, 4) is 0 Å². The zero-order valence-electron chi connectivity index (χ0n) is 22.1. The van der Waals surface area contributed by atoms with E-state index < -0.39 is 17.2 Å². The van der Waals surface area contributed by atoms with Gasteiger partial charge in [-0.3, -0.25) is 9.69 Å². The minimum Gasteiger partial charge on any atom is -0.461 e. The Morgan fingerprint density at radius 2 is 1.71 bits per heavy atom. The fourth-order valence-electron chi connectivity index (χ4n) is 7.89. The number of esters is 1. The lowest BCUT2D eigenvalue weighted by molar-refractivity contribution is -0.135. The second-order valence-corrected chi connectivity index (χ2v) is 11.6. The zero-order valence-corrected chi connectivity index (χ0v) is 22.1. The molecule has 2 aromatic rings. The zero-order chi connectivity index (χ0) is 26.2. The lowest BCUT2D eigenvalue weighted by Crippen LogP contribution is -2.62. The molecule has 4 bridgehead atoms. The fourth-order valence-corrected chi connectivity index (χ4v) is 7.89. The molecule has 9 heteroatoms. The van der Waals surface area contributed by atoms with Crippen LogP contribution in [0, 0.1) is 11.8 Å². The molecule has 0 spiro atoms. The lowest BCUT2D eigenvalue weighted by atomic mass is 9.75. The molecule has 0 amide bonds. The average Bonchev–Trinajstić information content (AvgIpc) is 3.08. The van der Waals surface area contributed by atoms with Crippen molar-refractivity contribution in [1.29, 1.82) is 0 Å². The number of carbonyl (C=O) groups is 1. The number of oxime groups is 1. The van der Waals surface area contributed by atoms with Gasteiger partial charge in [0.25, 0.3) is 5.56 Å². The van der Waals surface area contributed by atoms with Gasteiger partial charge < -0.3 is 19.2 Å². The normalized spacial score (nSPS) is 32.1. The van der Waals surface area contributed by atoms with Gasteiger partial charge in [0, 0.05) is 24.2 Å². The third-order valence-electron chi connectivity index (χ3n) is 9.28. The van der Waals surface area contributed by atoms with Crippen LogP contribution < -0.4 is 5.56 Å². The molecule has 3 heterocycles. The molecule has 2 aliphatic carbocycles. The first-order chi connectivity index (χ1) is 18.6. The molecule has 2 unspecified atom stereocenters. The van der Waals surface area contributed by atoms with Crippen LogP contribution in [0.1, 0.15) is 76.4 Å². The number of hydrogen-bond donors (Lipinski definition) is 1. The number of piperidine rings is 1. The molecule has 5 atom stereocenters. The minimum absolute atomic E-state index is 0.0719. The van der Waals surface area contributed by atoms with Crippen LogP contribution in [-0.2, 0) is 14.3 Å². The van der Waals surface area contributed by atoms with Crippen LogP contribution in [0.2, 0.25) is 0 Å². The maximum absolute atomic E-state index is 13.9. The Kier molecular flexibility index (Phi) is 7.22. The van der Waals surface area contributed by atoms with E-state index in [0.29, 0.717) is 24.8 Å². The number of fused-ring (bicyclic) bond motifs is 5. The Morgan fingerprint density at radius 1 is 1.03 bits per heavy atom. The number of morpholine rings is 1. The number of nitrogens with zero attached hydrogens (tertiary/aromatic N) is 4. The van der Waals surface area contributed by atoms with Crippen molar-refractivity contribution >= 4 is 22.7 Å². The van der Waals surface area contributed by atoms with E-state index in [1.807, 2.05) is 24.3 Å². The Hall–Kier alpha value is -2.78. The SMILES string of the molecule is CCOC(=O)C(=NO)c1nc2ccccc2n(C2C[C@H]3COC[C@H](C2)N3C2CC3CCCC[C@H](C3)C2)c1=O. The summed E-state index contributed by atoms with van der Waals surface area (Å²) in [6.07, 6.45) is 11.0. The molecule has 38 heavy (non-hydrogen) atoms. The summed E-state index contributed by atoms with van der Waals surface area (Å²) >= 11 is 0. The molecule has 2 aliphatic heterocycles. The van der Waals surface area contributed by atoms with Gasteiger partial charge in [0.15, 0.2) is 5.69 Å². The predicted octanol–water partition coefficient (Wildman–Crippen LogP) is 3.90. The summed E-state index contributed by atoms with van der Waals surface area (Å²) in [5, 5.41) is 12.8. The minimum atomic E-state index is -0.861. The summed E-state index contributed by atoms with van der Waals surface area (Å²) in [5.41, 5.74) is 0.244. The second kappa shape index (κ2) is 10.8. The first kappa shape index (κ1) is 25.5. The standard InChI is InChI=1S/C29H38N4O5/c1-2-38-29(35)27(31-36)26-28(34)33(25-10-6-5-9-24(25)30-26)21-14-22-16-37-17-23(15-21)32(22)20-12-18-7-3-4-8-19(11-18)13-20/h5-6,9-10,18-23,36H,2-4,7-8,11-17H2,1H3/t18-,19?,20?,22+,23+/m1/s1. The monoisotopic (exact) mass is 522 g/mol. The fraction of sp³-hybridized carbons (Fsp3) is 0.655. The maximum Gasteiger partial charge on any atom is 0.362 e. The van der Waals surface area contributed by atoms with Gasteiger partial charge in [-0.25, -0.2) is 9.78 Å².